The van der Waals surface area contributed by atoms with Gasteiger partial charge in [0.1, 0.15) is 0 Å². The molecule has 1 fully saturated rings. The summed E-state index contributed by atoms with van der Waals surface area (Å²) in [6.45, 7) is 8.48. The average Bonchev–Trinajstić information content (AvgIpc) is 2.95. The Labute approximate surface area is 128 Å². The van der Waals surface area contributed by atoms with E-state index in [0.717, 1.165) is 32.4 Å². The first-order valence-electron chi connectivity index (χ1n) is 7.96. The van der Waals surface area contributed by atoms with Crippen LogP contribution in [0, 0.1) is 11.3 Å². The van der Waals surface area contributed by atoms with Crippen LogP contribution < -0.4 is 5.73 Å². The molecule has 0 aliphatic carbocycles. The van der Waals surface area contributed by atoms with Gasteiger partial charge >= 0.3 is 0 Å². The minimum atomic E-state index is -0.371. The number of benzene rings is 1. The fraction of sp³-hybridized carbons (Fsp3) is 0.611. The topological polar surface area (TPSA) is 46.3 Å². The van der Waals surface area contributed by atoms with Gasteiger partial charge in [0.25, 0.3) is 0 Å². The Kier molecular flexibility index (Phi) is 5.04. The Hall–Kier alpha value is -1.35. The third-order valence-electron chi connectivity index (χ3n) is 4.63. The van der Waals surface area contributed by atoms with E-state index in [1.807, 2.05) is 23.1 Å². The first-order chi connectivity index (χ1) is 9.88. The van der Waals surface area contributed by atoms with E-state index in [2.05, 4.69) is 32.9 Å². The standard InChI is InChI=1S/C18H28N2O/c1-18(2,3)15-11-12-20(13-15)17(21)16(19)10-9-14-7-5-4-6-8-14/h4-8,15-16H,9-13,19H2,1-3H3/t15?,16-/m0/s1. The number of nitrogens with zero attached hydrogens (tertiary/aromatic N) is 1. The van der Waals surface area contributed by atoms with E-state index in [4.69, 9.17) is 5.73 Å². The Morgan fingerprint density at radius 1 is 1.33 bits per heavy atom. The lowest BCUT2D eigenvalue weighted by Gasteiger charge is -2.27. The van der Waals surface area contributed by atoms with Gasteiger partial charge in [-0.15, -0.1) is 0 Å². The van der Waals surface area contributed by atoms with Gasteiger partial charge < -0.3 is 10.6 Å². The third-order valence-corrected chi connectivity index (χ3v) is 4.63. The van der Waals surface area contributed by atoms with Gasteiger partial charge in [-0.25, -0.2) is 0 Å². The van der Waals surface area contributed by atoms with E-state index in [-0.39, 0.29) is 17.4 Å². The number of amides is 1. The molecule has 2 rings (SSSR count). The normalized spacial score (nSPS) is 20.6. The van der Waals surface area contributed by atoms with Crippen LogP contribution in [-0.2, 0) is 11.2 Å². The molecule has 1 aromatic carbocycles. The van der Waals surface area contributed by atoms with Gasteiger partial charge in [-0.2, -0.15) is 0 Å². The maximum atomic E-state index is 12.4. The number of likely N-dealkylation sites (tertiary alicyclic amines) is 1. The minimum absolute atomic E-state index is 0.123. The molecule has 0 radical (unpaired) electrons. The van der Waals surface area contributed by atoms with Gasteiger partial charge in [0.05, 0.1) is 6.04 Å². The molecule has 0 spiro atoms. The first kappa shape index (κ1) is 16.0. The van der Waals surface area contributed by atoms with Gasteiger partial charge in [0, 0.05) is 13.1 Å². The summed E-state index contributed by atoms with van der Waals surface area (Å²) in [5.74, 6) is 0.709. The molecule has 1 saturated heterocycles. The van der Waals surface area contributed by atoms with Crippen LogP contribution in [0.2, 0.25) is 0 Å². The SMILES string of the molecule is CC(C)(C)C1CCN(C(=O)[C@@H](N)CCc2ccccc2)C1. The fourth-order valence-electron chi connectivity index (χ4n) is 2.99. The molecular formula is C18H28N2O. The van der Waals surface area contributed by atoms with Crippen LogP contribution in [0.4, 0.5) is 0 Å². The highest BCUT2D eigenvalue weighted by atomic mass is 16.2. The van der Waals surface area contributed by atoms with Crippen molar-refractivity contribution in [3.63, 3.8) is 0 Å². The Morgan fingerprint density at radius 2 is 2.00 bits per heavy atom. The second kappa shape index (κ2) is 6.61. The molecule has 3 heteroatoms. The van der Waals surface area contributed by atoms with Crippen molar-refractivity contribution in [2.45, 2.75) is 46.1 Å². The van der Waals surface area contributed by atoms with Crippen LogP contribution in [0.15, 0.2) is 30.3 Å². The molecule has 1 aromatic rings. The molecule has 0 aromatic heterocycles. The van der Waals surface area contributed by atoms with Gasteiger partial charge in [-0.05, 0) is 36.2 Å². The van der Waals surface area contributed by atoms with Crippen molar-refractivity contribution in [2.24, 2.45) is 17.1 Å². The molecule has 116 valence electrons. The van der Waals surface area contributed by atoms with E-state index in [0.29, 0.717) is 5.92 Å². The molecule has 1 amide bonds. The maximum absolute atomic E-state index is 12.4. The fourth-order valence-corrected chi connectivity index (χ4v) is 2.99. The van der Waals surface area contributed by atoms with Crippen molar-refractivity contribution in [2.75, 3.05) is 13.1 Å². The summed E-state index contributed by atoms with van der Waals surface area (Å²) in [5, 5.41) is 0. The first-order valence-corrected chi connectivity index (χ1v) is 7.96. The number of carbonyl (C=O) groups is 1. The smallest absolute Gasteiger partial charge is 0.239 e. The zero-order valence-electron chi connectivity index (χ0n) is 13.5. The van der Waals surface area contributed by atoms with E-state index in [1.165, 1.54) is 5.56 Å². The van der Waals surface area contributed by atoms with Crippen LogP contribution in [-0.4, -0.2) is 29.9 Å². The van der Waals surface area contributed by atoms with E-state index in [1.54, 1.807) is 0 Å². The maximum Gasteiger partial charge on any atom is 0.239 e. The van der Waals surface area contributed by atoms with Crippen molar-refractivity contribution < 1.29 is 4.79 Å². The molecular weight excluding hydrogens is 260 g/mol. The Bertz CT molecular complexity index is 464. The molecule has 1 unspecified atom stereocenters. The number of rotatable bonds is 4. The highest BCUT2D eigenvalue weighted by Gasteiger charge is 2.35. The van der Waals surface area contributed by atoms with E-state index in [9.17, 15) is 4.79 Å². The monoisotopic (exact) mass is 288 g/mol. The largest absolute Gasteiger partial charge is 0.341 e. The summed E-state index contributed by atoms with van der Waals surface area (Å²) >= 11 is 0. The van der Waals surface area contributed by atoms with Crippen molar-refractivity contribution in [3.05, 3.63) is 35.9 Å². The number of hydrogen-bond acceptors (Lipinski definition) is 2. The molecule has 3 nitrogen and oxygen atoms in total. The van der Waals surface area contributed by atoms with Gasteiger partial charge in [-0.1, -0.05) is 51.1 Å². The van der Waals surface area contributed by atoms with Crippen molar-refractivity contribution in [1.29, 1.82) is 0 Å². The van der Waals surface area contributed by atoms with E-state index >= 15 is 0 Å². The number of hydrogen-bond donors (Lipinski definition) is 1. The number of aryl methyl sites for hydroxylation is 1. The summed E-state index contributed by atoms with van der Waals surface area (Å²) in [5.41, 5.74) is 7.62. The third kappa shape index (κ3) is 4.31. The summed E-state index contributed by atoms with van der Waals surface area (Å²) in [6.07, 6.45) is 2.68. The highest BCUT2D eigenvalue weighted by molar-refractivity contribution is 5.81. The van der Waals surface area contributed by atoms with Crippen LogP contribution in [0.5, 0.6) is 0 Å². The molecule has 1 heterocycles. The number of nitrogens with two attached hydrogens (primary N) is 1. The molecule has 0 bridgehead atoms. The Balaban J connectivity index is 1.83. The van der Waals surface area contributed by atoms with Crippen molar-refractivity contribution in [3.8, 4) is 0 Å². The van der Waals surface area contributed by atoms with Gasteiger partial charge in [0.2, 0.25) is 5.91 Å². The van der Waals surface area contributed by atoms with E-state index < -0.39 is 0 Å². The molecule has 2 N–H and O–H groups in total. The zero-order chi connectivity index (χ0) is 15.5. The van der Waals surface area contributed by atoms with Gasteiger partial charge in [-0.3, -0.25) is 4.79 Å². The molecule has 0 saturated carbocycles. The zero-order valence-corrected chi connectivity index (χ0v) is 13.5. The molecule has 1 aliphatic heterocycles. The lowest BCUT2D eigenvalue weighted by atomic mass is 9.80. The van der Waals surface area contributed by atoms with Crippen molar-refractivity contribution >= 4 is 5.91 Å². The summed E-state index contributed by atoms with van der Waals surface area (Å²) in [7, 11) is 0. The van der Waals surface area contributed by atoms with Crippen LogP contribution in [0.1, 0.15) is 39.2 Å². The predicted molar refractivity (Wildman–Crippen MR) is 86.9 cm³/mol. The summed E-state index contributed by atoms with van der Waals surface area (Å²) in [4.78, 5) is 14.4. The van der Waals surface area contributed by atoms with Gasteiger partial charge in [0.15, 0.2) is 0 Å². The average molecular weight is 288 g/mol. The van der Waals surface area contributed by atoms with Crippen LogP contribution in [0.25, 0.3) is 0 Å². The predicted octanol–water partition coefficient (Wildman–Crippen LogP) is 2.84. The highest BCUT2D eigenvalue weighted by Crippen LogP contribution is 2.33. The van der Waals surface area contributed by atoms with Crippen LogP contribution in [0.3, 0.4) is 0 Å². The van der Waals surface area contributed by atoms with Crippen LogP contribution >= 0.6 is 0 Å². The molecule has 21 heavy (non-hydrogen) atoms. The minimum Gasteiger partial charge on any atom is -0.341 e. The molecule has 2 atom stereocenters. The lowest BCUT2D eigenvalue weighted by Crippen LogP contribution is -2.43. The van der Waals surface area contributed by atoms with Crippen molar-refractivity contribution in [1.82, 2.24) is 4.90 Å². The lowest BCUT2D eigenvalue weighted by molar-refractivity contribution is -0.131. The Morgan fingerprint density at radius 3 is 2.57 bits per heavy atom. The summed E-state index contributed by atoms with van der Waals surface area (Å²) < 4.78 is 0. The summed E-state index contributed by atoms with van der Waals surface area (Å²) in [6, 6.07) is 9.86. The quantitative estimate of drug-likeness (QED) is 0.926. The number of carbonyl (C=O) groups excluding carboxylic acids is 1. The second-order valence-electron chi connectivity index (χ2n) is 7.27. The molecule has 1 aliphatic rings. The second-order valence-corrected chi connectivity index (χ2v) is 7.27.